The Morgan fingerprint density at radius 3 is 2.81 bits per heavy atom. The summed E-state index contributed by atoms with van der Waals surface area (Å²) in [6.45, 7) is 4.73. The Balaban J connectivity index is 1.85. The van der Waals surface area contributed by atoms with Crippen LogP contribution in [0.1, 0.15) is 37.3 Å². The molecule has 0 radical (unpaired) electrons. The molecule has 3 N–H and O–H groups in total. The van der Waals surface area contributed by atoms with Crippen LogP contribution in [0.4, 0.5) is 0 Å². The molecule has 0 aliphatic heterocycles. The minimum absolute atomic E-state index is 0.106. The average Bonchev–Trinajstić information content (AvgIpc) is 2.91. The Labute approximate surface area is 127 Å². The molecule has 0 bridgehead atoms. The summed E-state index contributed by atoms with van der Waals surface area (Å²) in [5.41, 5.74) is 8.31. The van der Waals surface area contributed by atoms with Crippen molar-refractivity contribution < 1.29 is 4.79 Å². The zero-order valence-corrected chi connectivity index (χ0v) is 13.1. The van der Waals surface area contributed by atoms with Crippen LogP contribution in [0, 0.1) is 5.92 Å². The van der Waals surface area contributed by atoms with Crippen molar-refractivity contribution in [3.8, 4) is 0 Å². The predicted molar refractivity (Wildman–Crippen MR) is 85.6 cm³/mol. The van der Waals surface area contributed by atoms with Crippen LogP contribution in [0.2, 0.25) is 0 Å². The lowest BCUT2D eigenvalue weighted by molar-refractivity contribution is -0.125. The van der Waals surface area contributed by atoms with Gasteiger partial charge in [-0.25, -0.2) is 0 Å². The van der Waals surface area contributed by atoms with Gasteiger partial charge in [-0.3, -0.25) is 4.79 Å². The zero-order valence-electron chi connectivity index (χ0n) is 13.1. The Bertz CT molecular complexity index is 475. The molecule has 1 aromatic carbocycles. The maximum Gasteiger partial charge on any atom is 0.223 e. The summed E-state index contributed by atoms with van der Waals surface area (Å²) in [6, 6.07) is 8.64. The molecule has 2 unspecified atom stereocenters. The highest BCUT2D eigenvalue weighted by Crippen LogP contribution is 2.24. The molecule has 4 heteroatoms. The topological polar surface area (TPSA) is 58.4 Å². The Kier molecular flexibility index (Phi) is 5.76. The number of carbonyl (C=O) groups is 1. The van der Waals surface area contributed by atoms with E-state index in [-0.39, 0.29) is 17.9 Å². The van der Waals surface area contributed by atoms with Crippen LogP contribution in [0.25, 0.3) is 0 Å². The smallest absolute Gasteiger partial charge is 0.223 e. The van der Waals surface area contributed by atoms with E-state index in [2.05, 4.69) is 48.5 Å². The normalized spacial score (nSPS) is 21.7. The summed E-state index contributed by atoms with van der Waals surface area (Å²) >= 11 is 0. The van der Waals surface area contributed by atoms with Gasteiger partial charge in [-0.2, -0.15) is 0 Å². The highest BCUT2D eigenvalue weighted by Gasteiger charge is 2.27. The molecular formula is C17H27N3O. The molecule has 0 aromatic heterocycles. The number of amides is 1. The number of carbonyl (C=O) groups excluding carboxylic acids is 1. The summed E-state index contributed by atoms with van der Waals surface area (Å²) in [5, 5.41) is 3.05. The van der Waals surface area contributed by atoms with Gasteiger partial charge in [0.05, 0.1) is 0 Å². The quantitative estimate of drug-likeness (QED) is 0.840. The van der Waals surface area contributed by atoms with Crippen LogP contribution in [-0.2, 0) is 17.9 Å². The second-order valence-electron chi connectivity index (χ2n) is 6.14. The van der Waals surface area contributed by atoms with Crippen molar-refractivity contribution in [2.24, 2.45) is 11.7 Å². The van der Waals surface area contributed by atoms with Crippen molar-refractivity contribution in [2.75, 3.05) is 13.6 Å². The van der Waals surface area contributed by atoms with Gasteiger partial charge in [0.2, 0.25) is 5.91 Å². The largest absolute Gasteiger partial charge is 0.352 e. The monoisotopic (exact) mass is 289 g/mol. The van der Waals surface area contributed by atoms with Crippen molar-refractivity contribution in [3.05, 3.63) is 35.4 Å². The van der Waals surface area contributed by atoms with Gasteiger partial charge in [0.15, 0.2) is 0 Å². The lowest BCUT2D eigenvalue weighted by Crippen LogP contribution is -2.30. The molecule has 1 saturated carbocycles. The highest BCUT2D eigenvalue weighted by atomic mass is 16.1. The summed E-state index contributed by atoms with van der Waals surface area (Å²) in [7, 11) is 2.11. The molecule has 4 nitrogen and oxygen atoms in total. The highest BCUT2D eigenvalue weighted by molar-refractivity contribution is 5.79. The van der Waals surface area contributed by atoms with Crippen LogP contribution in [0.5, 0.6) is 0 Å². The third-order valence-electron chi connectivity index (χ3n) is 4.29. The molecule has 116 valence electrons. The van der Waals surface area contributed by atoms with E-state index in [1.807, 2.05) is 0 Å². The summed E-state index contributed by atoms with van der Waals surface area (Å²) in [6.07, 6.45) is 2.72. The molecule has 0 heterocycles. The standard InChI is InChI=1S/C17H27N3O/c1-3-20(2)12-14-6-4-5-13(9-14)11-19-17(21)15-7-8-16(18)10-15/h4-6,9,15-16H,3,7-8,10-12,18H2,1-2H3,(H,19,21). The summed E-state index contributed by atoms with van der Waals surface area (Å²) < 4.78 is 0. The summed E-state index contributed by atoms with van der Waals surface area (Å²) in [4.78, 5) is 14.4. The molecule has 0 saturated heterocycles. The number of nitrogens with one attached hydrogen (secondary N) is 1. The maximum atomic E-state index is 12.1. The fourth-order valence-electron chi connectivity index (χ4n) is 2.85. The first-order valence-corrected chi connectivity index (χ1v) is 7.88. The number of nitrogens with two attached hydrogens (primary N) is 1. The van der Waals surface area contributed by atoms with Gasteiger partial charge < -0.3 is 16.0 Å². The molecule has 1 aliphatic rings. The molecular weight excluding hydrogens is 262 g/mol. The number of rotatable bonds is 6. The lowest BCUT2D eigenvalue weighted by Gasteiger charge is -2.15. The average molecular weight is 289 g/mol. The van der Waals surface area contributed by atoms with Crippen molar-refractivity contribution >= 4 is 5.91 Å². The maximum absolute atomic E-state index is 12.1. The first kappa shape index (κ1) is 16.0. The van der Waals surface area contributed by atoms with Gasteiger partial charge in [0.25, 0.3) is 0 Å². The first-order valence-electron chi connectivity index (χ1n) is 7.88. The number of nitrogens with zero attached hydrogens (tertiary/aromatic N) is 1. The van der Waals surface area contributed by atoms with E-state index in [1.165, 1.54) is 5.56 Å². The SMILES string of the molecule is CCN(C)Cc1cccc(CNC(=O)C2CCC(N)C2)c1. The van der Waals surface area contributed by atoms with Crippen molar-refractivity contribution in [1.82, 2.24) is 10.2 Å². The van der Waals surface area contributed by atoms with Gasteiger partial charge in [-0.15, -0.1) is 0 Å². The molecule has 2 atom stereocenters. The minimum atomic E-state index is 0.106. The van der Waals surface area contributed by atoms with Gasteiger partial charge in [0.1, 0.15) is 0 Å². The van der Waals surface area contributed by atoms with Gasteiger partial charge in [0, 0.05) is 25.0 Å². The molecule has 1 aliphatic carbocycles. The number of hydrogen-bond donors (Lipinski definition) is 2. The van der Waals surface area contributed by atoms with Gasteiger partial charge in [-0.1, -0.05) is 31.2 Å². The second-order valence-corrected chi connectivity index (χ2v) is 6.14. The lowest BCUT2D eigenvalue weighted by atomic mass is 10.1. The van der Waals surface area contributed by atoms with Crippen LogP contribution in [-0.4, -0.2) is 30.4 Å². The van der Waals surface area contributed by atoms with Gasteiger partial charge in [-0.05, 0) is 44.0 Å². The molecule has 1 fully saturated rings. The number of hydrogen-bond acceptors (Lipinski definition) is 3. The van der Waals surface area contributed by atoms with E-state index in [0.29, 0.717) is 6.54 Å². The van der Waals surface area contributed by atoms with Gasteiger partial charge >= 0.3 is 0 Å². The fraction of sp³-hybridized carbons (Fsp3) is 0.588. The first-order chi connectivity index (χ1) is 10.1. The predicted octanol–water partition coefficient (Wildman–Crippen LogP) is 1.88. The van der Waals surface area contributed by atoms with Crippen LogP contribution in [0.3, 0.4) is 0 Å². The zero-order chi connectivity index (χ0) is 15.2. The Hall–Kier alpha value is -1.39. The van der Waals surface area contributed by atoms with E-state index in [4.69, 9.17) is 5.73 Å². The van der Waals surface area contributed by atoms with Crippen molar-refractivity contribution in [3.63, 3.8) is 0 Å². The second kappa shape index (κ2) is 7.57. The van der Waals surface area contributed by atoms with Crippen LogP contribution < -0.4 is 11.1 Å². The molecule has 1 amide bonds. The molecule has 0 spiro atoms. The van der Waals surface area contributed by atoms with Crippen molar-refractivity contribution in [1.29, 1.82) is 0 Å². The van der Waals surface area contributed by atoms with E-state index in [0.717, 1.165) is 37.9 Å². The molecule has 1 aromatic rings. The third-order valence-corrected chi connectivity index (χ3v) is 4.29. The Morgan fingerprint density at radius 2 is 2.14 bits per heavy atom. The van der Waals surface area contributed by atoms with Crippen LogP contribution >= 0.6 is 0 Å². The fourth-order valence-corrected chi connectivity index (χ4v) is 2.85. The van der Waals surface area contributed by atoms with E-state index in [1.54, 1.807) is 0 Å². The molecule has 2 rings (SSSR count). The Morgan fingerprint density at radius 1 is 1.38 bits per heavy atom. The van der Waals surface area contributed by atoms with E-state index < -0.39 is 0 Å². The number of benzene rings is 1. The third kappa shape index (κ3) is 4.83. The van der Waals surface area contributed by atoms with E-state index in [9.17, 15) is 4.79 Å². The van der Waals surface area contributed by atoms with Crippen LogP contribution in [0.15, 0.2) is 24.3 Å². The summed E-state index contributed by atoms with van der Waals surface area (Å²) in [5.74, 6) is 0.258. The minimum Gasteiger partial charge on any atom is -0.352 e. The molecule has 21 heavy (non-hydrogen) atoms. The van der Waals surface area contributed by atoms with E-state index >= 15 is 0 Å². The van der Waals surface area contributed by atoms with Crippen molar-refractivity contribution in [2.45, 2.75) is 45.3 Å².